The van der Waals surface area contributed by atoms with Crippen molar-refractivity contribution < 1.29 is 4.79 Å². The van der Waals surface area contributed by atoms with E-state index in [0.29, 0.717) is 13.0 Å². The van der Waals surface area contributed by atoms with Gasteiger partial charge in [-0.05, 0) is 6.42 Å². The van der Waals surface area contributed by atoms with E-state index in [1.165, 1.54) is 6.33 Å². The molecule has 5 nitrogen and oxygen atoms in total. The number of carbonyl (C=O) groups excluding carboxylic acids is 1. The molecule has 0 amide bonds. The van der Waals surface area contributed by atoms with Crippen molar-refractivity contribution in [2.45, 2.75) is 33.2 Å². The number of carbonyl (C=O) groups is 1. The molecule has 0 aliphatic heterocycles. The van der Waals surface area contributed by atoms with Crippen molar-refractivity contribution in [2.75, 3.05) is 6.54 Å². The minimum Gasteiger partial charge on any atom is -0.330 e. The van der Waals surface area contributed by atoms with Crippen LogP contribution < -0.4 is 5.73 Å². The Balaban J connectivity index is 2.63. The Hall–Kier alpha value is -1.23. The number of hydrogen-bond acceptors (Lipinski definition) is 4. The van der Waals surface area contributed by atoms with Crippen molar-refractivity contribution >= 4 is 5.78 Å². The smallest absolute Gasteiger partial charge is 0.144 e. The second kappa shape index (κ2) is 5.60. The normalized spacial score (nSPS) is 12.7. The highest BCUT2D eigenvalue weighted by atomic mass is 16.1. The molecule has 1 heterocycles. The second-order valence-electron chi connectivity index (χ2n) is 3.68. The highest BCUT2D eigenvalue weighted by Crippen LogP contribution is 2.03. The predicted octanol–water partition coefficient (Wildman–Crippen LogP) is 0.394. The minimum absolute atomic E-state index is 0.100. The number of Topliss-reactive ketones (excluding diaryl/α,β-unsaturated/α-hetero) is 1. The van der Waals surface area contributed by atoms with E-state index in [9.17, 15) is 4.79 Å². The van der Waals surface area contributed by atoms with Gasteiger partial charge in [0.2, 0.25) is 0 Å². The largest absolute Gasteiger partial charge is 0.330 e. The van der Waals surface area contributed by atoms with Crippen molar-refractivity contribution in [3.05, 3.63) is 12.2 Å². The fourth-order valence-corrected chi connectivity index (χ4v) is 1.29. The maximum Gasteiger partial charge on any atom is 0.144 e. The molecule has 0 saturated heterocycles. The summed E-state index contributed by atoms with van der Waals surface area (Å²) in [5, 5.41) is 4.07. The molecule has 2 N–H and O–H groups in total. The molecule has 0 aliphatic rings. The number of ketones is 1. The van der Waals surface area contributed by atoms with Crippen LogP contribution in [-0.4, -0.2) is 27.1 Å². The van der Waals surface area contributed by atoms with Crippen molar-refractivity contribution in [3.8, 4) is 0 Å². The number of aromatic nitrogens is 3. The summed E-state index contributed by atoms with van der Waals surface area (Å²) in [5.74, 6) is 0.766. The Bertz CT molecular complexity index is 321. The lowest BCUT2D eigenvalue weighted by Gasteiger charge is -2.07. The second-order valence-corrected chi connectivity index (χ2v) is 3.68. The number of nitrogens with two attached hydrogens (primary N) is 1. The summed E-state index contributed by atoms with van der Waals surface area (Å²) < 4.78 is 1.78. The topological polar surface area (TPSA) is 73.8 Å². The van der Waals surface area contributed by atoms with Crippen LogP contribution in [0.3, 0.4) is 0 Å². The molecular weight excluding hydrogens is 192 g/mol. The summed E-state index contributed by atoms with van der Waals surface area (Å²) in [6.07, 6.45) is 2.81. The lowest BCUT2D eigenvalue weighted by Crippen LogP contribution is -2.23. The zero-order chi connectivity index (χ0) is 11.3. The van der Waals surface area contributed by atoms with Crippen LogP contribution >= 0.6 is 0 Å². The Morgan fingerprint density at radius 2 is 2.40 bits per heavy atom. The summed E-state index contributed by atoms with van der Waals surface area (Å²) >= 11 is 0. The van der Waals surface area contributed by atoms with Gasteiger partial charge in [0, 0.05) is 19.0 Å². The van der Waals surface area contributed by atoms with E-state index in [1.54, 1.807) is 4.68 Å². The lowest BCUT2D eigenvalue weighted by molar-refractivity contribution is -0.121. The Labute approximate surface area is 89.7 Å². The van der Waals surface area contributed by atoms with Crippen molar-refractivity contribution in [1.29, 1.82) is 0 Å². The van der Waals surface area contributed by atoms with Crippen LogP contribution in [0.15, 0.2) is 6.33 Å². The maximum absolute atomic E-state index is 11.6. The molecular formula is C10H18N4O. The summed E-state index contributed by atoms with van der Waals surface area (Å²) in [5.41, 5.74) is 5.43. The number of rotatable bonds is 6. The van der Waals surface area contributed by atoms with Gasteiger partial charge in [-0.3, -0.25) is 4.79 Å². The number of nitrogens with zero attached hydrogens (tertiary/aromatic N) is 3. The number of aryl methyl sites for hydroxylation is 1. The fourth-order valence-electron chi connectivity index (χ4n) is 1.29. The minimum atomic E-state index is -0.100. The summed E-state index contributed by atoms with van der Waals surface area (Å²) in [6, 6.07) is 0. The molecule has 1 rings (SSSR count). The van der Waals surface area contributed by atoms with E-state index in [-0.39, 0.29) is 11.7 Å². The summed E-state index contributed by atoms with van der Waals surface area (Å²) in [4.78, 5) is 15.7. The molecule has 15 heavy (non-hydrogen) atoms. The van der Waals surface area contributed by atoms with Crippen LogP contribution in [0.4, 0.5) is 0 Å². The first-order chi connectivity index (χ1) is 7.19. The molecule has 0 fully saturated rings. The average molecular weight is 210 g/mol. The molecule has 84 valence electrons. The third-order valence-corrected chi connectivity index (χ3v) is 2.37. The van der Waals surface area contributed by atoms with E-state index in [0.717, 1.165) is 18.8 Å². The summed E-state index contributed by atoms with van der Waals surface area (Å²) in [7, 11) is 0. The standard InChI is InChI=1S/C10H18N4O/c1-3-4-14-10(12-7-13-14)5-9(15)8(2)6-11/h7-8H,3-6,11H2,1-2H3. The van der Waals surface area contributed by atoms with E-state index < -0.39 is 0 Å². The first-order valence-corrected chi connectivity index (χ1v) is 5.28. The van der Waals surface area contributed by atoms with Crippen LogP contribution in [0.2, 0.25) is 0 Å². The van der Waals surface area contributed by atoms with Crippen LogP contribution in [0.25, 0.3) is 0 Å². The van der Waals surface area contributed by atoms with E-state index >= 15 is 0 Å². The zero-order valence-electron chi connectivity index (χ0n) is 9.31. The molecule has 1 aromatic rings. The van der Waals surface area contributed by atoms with Gasteiger partial charge in [0.1, 0.15) is 17.9 Å². The van der Waals surface area contributed by atoms with Gasteiger partial charge in [0.25, 0.3) is 0 Å². The molecule has 0 saturated carbocycles. The van der Waals surface area contributed by atoms with Crippen molar-refractivity contribution in [3.63, 3.8) is 0 Å². The number of hydrogen-bond donors (Lipinski definition) is 1. The maximum atomic E-state index is 11.6. The zero-order valence-corrected chi connectivity index (χ0v) is 9.31. The highest BCUT2D eigenvalue weighted by Gasteiger charge is 2.14. The van der Waals surface area contributed by atoms with Gasteiger partial charge in [-0.15, -0.1) is 0 Å². The van der Waals surface area contributed by atoms with Gasteiger partial charge in [-0.1, -0.05) is 13.8 Å². The van der Waals surface area contributed by atoms with E-state index in [4.69, 9.17) is 5.73 Å². The molecule has 0 aliphatic carbocycles. The summed E-state index contributed by atoms with van der Waals surface area (Å²) in [6.45, 7) is 5.10. The van der Waals surface area contributed by atoms with E-state index in [1.807, 2.05) is 6.92 Å². The first kappa shape index (κ1) is 11.8. The van der Waals surface area contributed by atoms with Gasteiger partial charge in [-0.25, -0.2) is 9.67 Å². The Kier molecular flexibility index (Phi) is 4.42. The van der Waals surface area contributed by atoms with E-state index in [2.05, 4.69) is 17.0 Å². The molecule has 5 heteroatoms. The van der Waals surface area contributed by atoms with Gasteiger partial charge in [0.15, 0.2) is 0 Å². The Morgan fingerprint density at radius 3 is 3.00 bits per heavy atom. The molecule has 1 aromatic heterocycles. The van der Waals surface area contributed by atoms with Gasteiger partial charge < -0.3 is 5.73 Å². The monoisotopic (exact) mass is 210 g/mol. The molecule has 1 unspecified atom stereocenters. The SMILES string of the molecule is CCCn1ncnc1CC(=O)C(C)CN. The fraction of sp³-hybridized carbons (Fsp3) is 0.700. The predicted molar refractivity (Wildman–Crippen MR) is 57.2 cm³/mol. The van der Waals surface area contributed by atoms with Crippen LogP contribution in [-0.2, 0) is 17.8 Å². The average Bonchev–Trinajstić information content (AvgIpc) is 2.65. The third kappa shape index (κ3) is 3.13. The third-order valence-electron chi connectivity index (χ3n) is 2.37. The van der Waals surface area contributed by atoms with Gasteiger partial charge in [-0.2, -0.15) is 5.10 Å². The van der Waals surface area contributed by atoms with Crippen molar-refractivity contribution in [2.24, 2.45) is 11.7 Å². The quantitative estimate of drug-likeness (QED) is 0.737. The highest BCUT2D eigenvalue weighted by molar-refractivity contribution is 5.82. The van der Waals surface area contributed by atoms with Crippen LogP contribution in [0, 0.1) is 5.92 Å². The molecule has 0 radical (unpaired) electrons. The van der Waals surface area contributed by atoms with Crippen LogP contribution in [0.1, 0.15) is 26.1 Å². The first-order valence-electron chi connectivity index (χ1n) is 5.28. The van der Waals surface area contributed by atoms with Gasteiger partial charge >= 0.3 is 0 Å². The van der Waals surface area contributed by atoms with Gasteiger partial charge in [0.05, 0.1) is 6.42 Å². The Morgan fingerprint density at radius 1 is 1.67 bits per heavy atom. The molecule has 0 spiro atoms. The van der Waals surface area contributed by atoms with Crippen LogP contribution in [0.5, 0.6) is 0 Å². The molecule has 1 atom stereocenters. The molecule has 0 aromatic carbocycles. The lowest BCUT2D eigenvalue weighted by atomic mass is 10.0. The molecule has 0 bridgehead atoms. The van der Waals surface area contributed by atoms with Crippen molar-refractivity contribution in [1.82, 2.24) is 14.8 Å².